The second-order valence-electron chi connectivity index (χ2n) is 6.01. The van der Waals surface area contributed by atoms with Crippen molar-refractivity contribution in [3.8, 4) is 0 Å². The van der Waals surface area contributed by atoms with Crippen LogP contribution >= 0.6 is 0 Å². The first-order valence-electron chi connectivity index (χ1n) is 8.80. The molecule has 0 aromatic rings. The number of hydrogen-bond acceptors (Lipinski definition) is 2. The van der Waals surface area contributed by atoms with Crippen molar-refractivity contribution in [2.75, 3.05) is 14.2 Å². The van der Waals surface area contributed by atoms with E-state index in [0.717, 1.165) is 12.8 Å². The fourth-order valence-electron chi connectivity index (χ4n) is 3.28. The molecule has 0 saturated heterocycles. The number of methoxy groups -OCH3 is 2. The Labute approximate surface area is 127 Å². The lowest BCUT2D eigenvalue weighted by atomic mass is 9.85. The average Bonchev–Trinajstić information content (AvgIpc) is 2.47. The maximum atomic E-state index is 5.82. The zero-order valence-electron chi connectivity index (χ0n) is 14.7. The summed E-state index contributed by atoms with van der Waals surface area (Å²) in [7, 11) is 3.62. The van der Waals surface area contributed by atoms with Gasteiger partial charge in [0.2, 0.25) is 0 Å². The number of hydrogen-bond donors (Lipinski definition) is 0. The lowest BCUT2D eigenvalue weighted by molar-refractivity contribution is -0.247. The molecule has 20 heavy (non-hydrogen) atoms. The maximum Gasteiger partial charge on any atom is 0.170 e. The van der Waals surface area contributed by atoms with E-state index in [1.54, 1.807) is 0 Å². The third kappa shape index (κ3) is 7.08. The second-order valence-corrected chi connectivity index (χ2v) is 6.01. The van der Waals surface area contributed by atoms with E-state index >= 15 is 0 Å². The Balaban J connectivity index is 4.29. The average molecular weight is 286 g/mol. The van der Waals surface area contributed by atoms with Gasteiger partial charge in [-0.25, -0.2) is 0 Å². The van der Waals surface area contributed by atoms with Crippen molar-refractivity contribution in [1.29, 1.82) is 0 Å². The summed E-state index contributed by atoms with van der Waals surface area (Å²) in [5, 5.41) is 0. The minimum Gasteiger partial charge on any atom is -0.353 e. The number of ether oxygens (including phenoxy) is 2. The molecule has 0 spiro atoms. The van der Waals surface area contributed by atoms with Crippen LogP contribution in [0.4, 0.5) is 0 Å². The van der Waals surface area contributed by atoms with Gasteiger partial charge < -0.3 is 9.47 Å². The summed E-state index contributed by atoms with van der Waals surface area (Å²) in [5.41, 5.74) is 0. The van der Waals surface area contributed by atoms with E-state index in [1.807, 2.05) is 14.2 Å². The number of unbranched alkanes of at least 4 members (excludes halogenated alkanes) is 5. The fraction of sp³-hybridized carbons (Fsp3) is 1.00. The molecule has 1 unspecified atom stereocenters. The van der Waals surface area contributed by atoms with Crippen LogP contribution in [0.25, 0.3) is 0 Å². The first kappa shape index (κ1) is 19.9. The molecule has 0 rings (SSSR count). The summed E-state index contributed by atoms with van der Waals surface area (Å²) in [4.78, 5) is 0. The van der Waals surface area contributed by atoms with Crippen molar-refractivity contribution in [3.05, 3.63) is 0 Å². The van der Waals surface area contributed by atoms with Crippen molar-refractivity contribution in [2.24, 2.45) is 5.92 Å². The zero-order valence-corrected chi connectivity index (χ0v) is 14.7. The van der Waals surface area contributed by atoms with Crippen LogP contribution in [0.5, 0.6) is 0 Å². The van der Waals surface area contributed by atoms with Crippen molar-refractivity contribution < 1.29 is 9.47 Å². The van der Waals surface area contributed by atoms with Crippen LogP contribution in [0.2, 0.25) is 0 Å². The minimum absolute atomic E-state index is 0.353. The molecule has 0 radical (unpaired) electrons. The van der Waals surface area contributed by atoms with Gasteiger partial charge in [-0.2, -0.15) is 0 Å². The largest absolute Gasteiger partial charge is 0.353 e. The van der Waals surface area contributed by atoms with Gasteiger partial charge in [0.1, 0.15) is 0 Å². The number of rotatable bonds is 14. The van der Waals surface area contributed by atoms with E-state index in [9.17, 15) is 0 Å². The Bertz CT molecular complexity index is 200. The quantitative estimate of drug-likeness (QED) is 0.290. The SMILES string of the molecule is CCCCCCCCC(CCC)C(CCC)(OC)OC. The van der Waals surface area contributed by atoms with Gasteiger partial charge in [-0.05, 0) is 12.8 Å². The summed E-state index contributed by atoms with van der Waals surface area (Å²) in [5.74, 6) is 0.183. The summed E-state index contributed by atoms with van der Waals surface area (Å²) >= 11 is 0. The molecule has 122 valence electrons. The predicted molar refractivity (Wildman–Crippen MR) is 88.0 cm³/mol. The molecule has 1 atom stereocenters. The zero-order chi connectivity index (χ0) is 15.3. The minimum atomic E-state index is -0.353. The molecule has 0 aromatic heterocycles. The molecular weight excluding hydrogens is 248 g/mol. The van der Waals surface area contributed by atoms with Crippen LogP contribution in [0.15, 0.2) is 0 Å². The maximum absolute atomic E-state index is 5.82. The second kappa shape index (κ2) is 12.6. The molecule has 0 bridgehead atoms. The van der Waals surface area contributed by atoms with Crippen LogP contribution < -0.4 is 0 Å². The highest BCUT2D eigenvalue weighted by atomic mass is 16.7. The van der Waals surface area contributed by atoms with Gasteiger partial charge in [-0.1, -0.05) is 72.1 Å². The Kier molecular flexibility index (Phi) is 12.6. The standard InChI is InChI=1S/C18H38O2/c1-6-9-10-11-12-13-15-17(14-7-2)18(19-4,20-5)16-8-3/h17H,6-16H2,1-5H3. The molecule has 0 aliphatic heterocycles. The molecule has 0 aliphatic carbocycles. The van der Waals surface area contributed by atoms with Gasteiger partial charge in [-0.3, -0.25) is 0 Å². The molecule has 0 fully saturated rings. The summed E-state index contributed by atoms with van der Waals surface area (Å²) < 4.78 is 11.6. The monoisotopic (exact) mass is 286 g/mol. The molecule has 0 aromatic carbocycles. The molecule has 2 nitrogen and oxygen atoms in total. The van der Waals surface area contributed by atoms with Crippen molar-refractivity contribution >= 4 is 0 Å². The Morgan fingerprint density at radius 1 is 0.700 bits per heavy atom. The van der Waals surface area contributed by atoms with Gasteiger partial charge >= 0.3 is 0 Å². The van der Waals surface area contributed by atoms with Crippen LogP contribution in [-0.4, -0.2) is 20.0 Å². The van der Waals surface area contributed by atoms with E-state index in [0.29, 0.717) is 5.92 Å². The fourth-order valence-corrected chi connectivity index (χ4v) is 3.28. The van der Waals surface area contributed by atoms with Crippen molar-refractivity contribution in [1.82, 2.24) is 0 Å². The van der Waals surface area contributed by atoms with Crippen molar-refractivity contribution in [3.63, 3.8) is 0 Å². The third-order valence-electron chi connectivity index (χ3n) is 4.45. The van der Waals surface area contributed by atoms with Crippen molar-refractivity contribution in [2.45, 2.75) is 97.2 Å². The van der Waals surface area contributed by atoms with E-state index in [2.05, 4.69) is 20.8 Å². The van der Waals surface area contributed by atoms with E-state index in [1.165, 1.54) is 57.8 Å². The lowest BCUT2D eigenvalue weighted by Crippen LogP contribution is -2.42. The normalized spacial score (nSPS) is 13.7. The highest BCUT2D eigenvalue weighted by Gasteiger charge is 2.37. The van der Waals surface area contributed by atoms with Gasteiger partial charge in [0.15, 0.2) is 5.79 Å². The van der Waals surface area contributed by atoms with Gasteiger partial charge in [0.25, 0.3) is 0 Å². The van der Waals surface area contributed by atoms with E-state index < -0.39 is 0 Å². The molecule has 0 aliphatic rings. The van der Waals surface area contributed by atoms with Crippen LogP contribution in [0, 0.1) is 5.92 Å². The summed E-state index contributed by atoms with van der Waals surface area (Å²) in [6, 6.07) is 0. The Morgan fingerprint density at radius 3 is 1.80 bits per heavy atom. The predicted octanol–water partition coefficient (Wildman–Crippen LogP) is 5.94. The summed E-state index contributed by atoms with van der Waals surface area (Å²) in [6.07, 6.45) is 13.9. The van der Waals surface area contributed by atoms with E-state index in [4.69, 9.17) is 9.47 Å². The highest BCUT2D eigenvalue weighted by molar-refractivity contribution is 4.79. The van der Waals surface area contributed by atoms with Gasteiger partial charge in [0.05, 0.1) is 0 Å². The summed E-state index contributed by atoms with van der Waals surface area (Å²) in [6.45, 7) is 6.74. The molecule has 0 heterocycles. The Morgan fingerprint density at radius 2 is 1.30 bits per heavy atom. The first-order valence-corrected chi connectivity index (χ1v) is 8.80. The molecular formula is C18H38O2. The first-order chi connectivity index (χ1) is 9.70. The van der Waals surface area contributed by atoms with E-state index in [-0.39, 0.29) is 5.79 Å². The van der Waals surface area contributed by atoms with Gasteiger partial charge in [-0.15, -0.1) is 0 Å². The smallest absolute Gasteiger partial charge is 0.170 e. The molecule has 0 amide bonds. The van der Waals surface area contributed by atoms with Crippen LogP contribution in [-0.2, 0) is 9.47 Å². The topological polar surface area (TPSA) is 18.5 Å². The van der Waals surface area contributed by atoms with Gasteiger partial charge in [0, 0.05) is 26.6 Å². The lowest BCUT2D eigenvalue weighted by Gasteiger charge is -2.38. The molecule has 2 heteroatoms. The molecule has 0 N–H and O–H groups in total. The molecule has 0 saturated carbocycles. The van der Waals surface area contributed by atoms with Crippen LogP contribution in [0.1, 0.15) is 91.4 Å². The highest BCUT2D eigenvalue weighted by Crippen LogP contribution is 2.35. The van der Waals surface area contributed by atoms with Crippen LogP contribution in [0.3, 0.4) is 0 Å². The third-order valence-corrected chi connectivity index (χ3v) is 4.45. The Hall–Kier alpha value is -0.0800.